The molecule has 1 unspecified atom stereocenters. The summed E-state index contributed by atoms with van der Waals surface area (Å²) in [6.07, 6.45) is 3.02. The molecular weight excluding hydrogens is 348 g/mol. The highest BCUT2D eigenvalue weighted by Crippen LogP contribution is 2.31. The summed E-state index contributed by atoms with van der Waals surface area (Å²) in [6, 6.07) is 7.61. The molecule has 1 fully saturated rings. The number of benzene rings is 1. The van der Waals surface area contributed by atoms with Crippen LogP contribution < -0.4 is 14.8 Å². The predicted molar refractivity (Wildman–Crippen MR) is 96.3 cm³/mol. The number of carbonyl (C=O) groups excluding carboxylic acids is 1. The van der Waals surface area contributed by atoms with Crippen LogP contribution in [-0.2, 0) is 17.9 Å². The lowest BCUT2D eigenvalue weighted by atomic mass is 10.2. The zero-order valence-electron chi connectivity index (χ0n) is 15.2. The number of nitrogens with zero attached hydrogens (tertiary/aromatic N) is 5. The van der Waals surface area contributed by atoms with Gasteiger partial charge in [-0.15, -0.1) is 5.10 Å². The van der Waals surface area contributed by atoms with Gasteiger partial charge in [0.15, 0.2) is 17.3 Å². The molecular formula is C18H24N6O3. The first-order chi connectivity index (χ1) is 13.3. The van der Waals surface area contributed by atoms with Crippen LogP contribution in [0.1, 0.15) is 25.1 Å². The van der Waals surface area contributed by atoms with Gasteiger partial charge in [0.2, 0.25) is 5.91 Å². The summed E-state index contributed by atoms with van der Waals surface area (Å²) in [6.45, 7) is 3.93. The molecule has 1 aromatic heterocycles. The molecule has 4 rings (SSSR count). The van der Waals surface area contributed by atoms with Crippen LogP contribution in [0.15, 0.2) is 24.3 Å². The summed E-state index contributed by atoms with van der Waals surface area (Å²) in [4.78, 5) is 14.5. The molecule has 2 aromatic rings. The topological polar surface area (TPSA) is 94.4 Å². The molecule has 0 radical (unpaired) electrons. The lowest BCUT2D eigenvalue weighted by Crippen LogP contribution is -2.35. The highest BCUT2D eigenvalue weighted by Gasteiger charge is 2.21. The van der Waals surface area contributed by atoms with Crippen molar-refractivity contribution in [3.05, 3.63) is 30.1 Å². The van der Waals surface area contributed by atoms with Crippen molar-refractivity contribution >= 4 is 5.91 Å². The van der Waals surface area contributed by atoms with Crippen LogP contribution >= 0.6 is 0 Å². The molecule has 2 aliphatic heterocycles. The average Bonchev–Trinajstić information content (AvgIpc) is 3.34. The number of para-hydroxylation sites is 2. The third kappa shape index (κ3) is 4.54. The molecule has 3 heterocycles. The van der Waals surface area contributed by atoms with E-state index >= 15 is 0 Å². The van der Waals surface area contributed by atoms with Gasteiger partial charge in [0.25, 0.3) is 0 Å². The van der Waals surface area contributed by atoms with Crippen molar-refractivity contribution in [1.29, 1.82) is 0 Å². The fraction of sp³-hybridized carbons (Fsp3) is 0.556. The number of aromatic nitrogens is 4. The van der Waals surface area contributed by atoms with Crippen LogP contribution in [-0.4, -0.2) is 63.4 Å². The molecule has 0 bridgehead atoms. The first-order valence-corrected chi connectivity index (χ1v) is 9.40. The molecule has 1 atom stereocenters. The second-order valence-corrected chi connectivity index (χ2v) is 6.87. The van der Waals surface area contributed by atoms with Gasteiger partial charge in [-0.05, 0) is 48.5 Å². The molecule has 0 saturated carbocycles. The van der Waals surface area contributed by atoms with E-state index < -0.39 is 0 Å². The molecule has 1 aromatic carbocycles. The number of likely N-dealkylation sites (tertiary alicyclic amines) is 1. The van der Waals surface area contributed by atoms with Crippen LogP contribution in [0, 0.1) is 0 Å². The number of tetrazole rings is 1. The molecule has 1 N–H and O–H groups in total. The molecule has 2 aliphatic rings. The van der Waals surface area contributed by atoms with E-state index in [9.17, 15) is 4.79 Å². The minimum Gasteiger partial charge on any atom is -0.486 e. The van der Waals surface area contributed by atoms with Crippen molar-refractivity contribution in [2.75, 3.05) is 26.2 Å². The normalized spacial score (nSPS) is 19.2. The van der Waals surface area contributed by atoms with Crippen molar-refractivity contribution in [2.24, 2.45) is 0 Å². The number of nitrogens with one attached hydrogen (secondary N) is 1. The third-order valence-corrected chi connectivity index (χ3v) is 4.82. The van der Waals surface area contributed by atoms with Gasteiger partial charge in [0.1, 0.15) is 19.3 Å². The van der Waals surface area contributed by atoms with Crippen LogP contribution in [0.4, 0.5) is 0 Å². The fourth-order valence-corrected chi connectivity index (χ4v) is 3.37. The van der Waals surface area contributed by atoms with Crippen molar-refractivity contribution in [3.8, 4) is 11.5 Å². The lowest BCUT2D eigenvalue weighted by molar-refractivity contribution is -0.122. The summed E-state index contributed by atoms with van der Waals surface area (Å²) in [5.41, 5.74) is 0. The number of rotatable bonds is 7. The van der Waals surface area contributed by atoms with Crippen molar-refractivity contribution < 1.29 is 14.3 Å². The Morgan fingerprint density at radius 2 is 2.04 bits per heavy atom. The second kappa shape index (κ2) is 8.34. The molecule has 27 heavy (non-hydrogen) atoms. The Bertz CT molecular complexity index is 774. The minimum atomic E-state index is -0.109. The quantitative estimate of drug-likeness (QED) is 0.761. The molecule has 9 heteroatoms. The summed E-state index contributed by atoms with van der Waals surface area (Å²) >= 11 is 0. The summed E-state index contributed by atoms with van der Waals surface area (Å²) in [5.74, 6) is 2.14. The van der Waals surface area contributed by atoms with E-state index in [1.54, 1.807) is 4.68 Å². The van der Waals surface area contributed by atoms with E-state index in [-0.39, 0.29) is 18.6 Å². The zero-order chi connectivity index (χ0) is 18.5. The van der Waals surface area contributed by atoms with Gasteiger partial charge in [-0.1, -0.05) is 12.1 Å². The number of ether oxygens (including phenoxy) is 2. The predicted octanol–water partition coefficient (Wildman–Crippen LogP) is 0.615. The van der Waals surface area contributed by atoms with Gasteiger partial charge >= 0.3 is 0 Å². The van der Waals surface area contributed by atoms with Gasteiger partial charge in [-0.25, -0.2) is 4.68 Å². The molecule has 144 valence electrons. The zero-order valence-corrected chi connectivity index (χ0v) is 15.2. The fourth-order valence-electron chi connectivity index (χ4n) is 3.37. The third-order valence-electron chi connectivity index (χ3n) is 4.82. The van der Waals surface area contributed by atoms with Gasteiger partial charge < -0.3 is 14.8 Å². The SMILES string of the molecule is O=C(Cn1nnnc1CN1CCCC1)NCCC1COc2ccccc2O1. The van der Waals surface area contributed by atoms with Gasteiger partial charge in [0, 0.05) is 13.0 Å². The van der Waals surface area contributed by atoms with Crippen LogP contribution in [0.5, 0.6) is 11.5 Å². The minimum absolute atomic E-state index is 0.0704. The van der Waals surface area contributed by atoms with E-state index in [1.165, 1.54) is 12.8 Å². The summed E-state index contributed by atoms with van der Waals surface area (Å²) in [5, 5.41) is 14.6. The molecule has 1 saturated heterocycles. The van der Waals surface area contributed by atoms with Gasteiger partial charge in [-0.3, -0.25) is 9.69 Å². The summed E-state index contributed by atoms with van der Waals surface area (Å²) < 4.78 is 13.2. The Morgan fingerprint density at radius 1 is 1.22 bits per heavy atom. The molecule has 0 spiro atoms. The number of hydrogen-bond donors (Lipinski definition) is 1. The van der Waals surface area contributed by atoms with E-state index in [2.05, 4.69) is 25.7 Å². The van der Waals surface area contributed by atoms with E-state index in [1.807, 2.05) is 24.3 Å². The number of carbonyl (C=O) groups is 1. The maximum atomic E-state index is 12.2. The van der Waals surface area contributed by atoms with E-state index in [0.29, 0.717) is 26.1 Å². The monoisotopic (exact) mass is 372 g/mol. The first-order valence-electron chi connectivity index (χ1n) is 9.40. The highest BCUT2D eigenvalue weighted by atomic mass is 16.6. The number of fused-ring (bicyclic) bond motifs is 1. The van der Waals surface area contributed by atoms with Crippen LogP contribution in [0.3, 0.4) is 0 Å². The molecule has 9 nitrogen and oxygen atoms in total. The Kier molecular flexibility index (Phi) is 5.47. The average molecular weight is 372 g/mol. The lowest BCUT2D eigenvalue weighted by Gasteiger charge is -2.26. The standard InChI is InChI=1S/C18H24N6O3/c25-18(12-24-17(20-21-22-24)11-23-9-3-4-10-23)19-8-7-14-13-26-15-5-1-2-6-16(15)27-14/h1-2,5-6,14H,3-4,7-13H2,(H,19,25). The largest absolute Gasteiger partial charge is 0.486 e. The highest BCUT2D eigenvalue weighted by molar-refractivity contribution is 5.75. The first kappa shape index (κ1) is 17.7. The Balaban J connectivity index is 1.21. The summed E-state index contributed by atoms with van der Waals surface area (Å²) in [7, 11) is 0. The van der Waals surface area contributed by atoms with E-state index in [0.717, 1.165) is 30.4 Å². The number of amides is 1. The van der Waals surface area contributed by atoms with Crippen molar-refractivity contribution in [3.63, 3.8) is 0 Å². The van der Waals surface area contributed by atoms with E-state index in [4.69, 9.17) is 9.47 Å². The maximum Gasteiger partial charge on any atom is 0.241 e. The smallest absolute Gasteiger partial charge is 0.241 e. The van der Waals surface area contributed by atoms with Crippen molar-refractivity contribution in [1.82, 2.24) is 30.4 Å². The Hall–Kier alpha value is -2.68. The second-order valence-electron chi connectivity index (χ2n) is 6.87. The number of hydrogen-bond acceptors (Lipinski definition) is 7. The maximum absolute atomic E-state index is 12.2. The Morgan fingerprint density at radius 3 is 2.89 bits per heavy atom. The van der Waals surface area contributed by atoms with Crippen LogP contribution in [0.2, 0.25) is 0 Å². The van der Waals surface area contributed by atoms with Gasteiger partial charge in [-0.2, -0.15) is 0 Å². The van der Waals surface area contributed by atoms with Gasteiger partial charge in [0.05, 0.1) is 6.54 Å². The van der Waals surface area contributed by atoms with Crippen LogP contribution in [0.25, 0.3) is 0 Å². The Labute approximate surface area is 157 Å². The molecule has 1 amide bonds. The van der Waals surface area contributed by atoms with Crippen molar-refractivity contribution in [2.45, 2.75) is 38.5 Å². The molecule has 0 aliphatic carbocycles.